The molecule has 0 spiro atoms. The number of hydrogen-bond acceptors (Lipinski definition) is 4. The molecule has 4 aliphatic carbocycles. The normalized spacial score (nSPS) is 43.0. The number of halogens is 1. The lowest BCUT2D eigenvalue weighted by atomic mass is 9.43. The number of aromatic nitrogens is 2. The summed E-state index contributed by atoms with van der Waals surface area (Å²) in [6, 6.07) is 4.71. The van der Waals surface area contributed by atoms with Crippen molar-refractivity contribution in [3.63, 3.8) is 0 Å². The van der Waals surface area contributed by atoms with Gasteiger partial charge in [-0.1, -0.05) is 20.8 Å². The van der Waals surface area contributed by atoms with Crippen molar-refractivity contribution in [2.75, 3.05) is 0 Å². The van der Waals surface area contributed by atoms with E-state index < -0.39 is 0 Å². The monoisotopic (exact) mass is 494 g/mol. The molecule has 1 heterocycles. The molecule has 4 fully saturated rings. The van der Waals surface area contributed by atoms with Crippen molar-refractivity contribution in [1.29, 1.82) is 0 Å². The second kappa shape index (κ2) is 9.01. The van der Waals surface area contributed by atoms with E-state index in [1.165, 1.54) is 37.8 Å². The highest BCUT2D eigenvalue weighted by Crippen LogP contribution is 2.68. The first-order valence-corrected chi connectivity index (χ1v) is 14.5. The summed E-state index contributed by atoms with van der Waals surface area (Å²) in [5, 5.41) is 22.5. The van der Waals surface area contributed by atoms with Crippen LogP contribution in [0.25, 0.3) is 10.9 Å². The molecule has 6 rings (SSSR count). The third kappa shape index (κ3) is 3.91. The third-order valence-electron chi connectivity index (χ3n) is 11.8. The summed E-state index contributed by atoms with van der Waals surface area (Å²) in [5.41, 5.74) is 1.39. The fourth-order valence-electron chi connectivity index (χ4n) is 9.90. The van der Waals surface area contributed by atoms with Crippen molar-refractivity contribution < 1.29 is 14.6 Å². The lowest BCUT2D eigenvalue weighted by Gasteiger charge is -2.62. The highest BCUT2D eigenvalue weighted by molar-refractivity contribution is 5.77. The van der Waals surface area contributed by atoms with Crippen LogP contribution in [0.4, 0.5) is 4.39 Å². The van der Waals surface area contributed by atoms with Gasteiger partial charge in [-0.15, -0.1) is 0 Å². The number of aliphatic hydroxyl groups is 2. The quantitative estimate of drug-likeness (QED) is 0.521. The molecule has 1 aromatic carbocycles. The number of aliphatic hydroxyl groups excluding tert-OH is 2. The molecule has 4 aliphatic rings. The van der Waals surface area contributed by atoms with E-state index in [0.717, 1.165) is 55.3 Å². The summed E-state index contributed by atoms with van der Waals surface area (Å²) >= 11 is 0. The number of hydrogen-bond donors (Lipinski definition) is 2. The Morgan fingerprint density at radius 1 is 1.03 bits per heavy atom. The van der Waals surface area contributed by atoms with Gasteiger partial charge in [-0.3, -0.25) is 0 Å². The molecule has 196 valence electrons. The van der Waals surface area contributed by atoms with Crippen LogP contribution >= 0.6 is 0 Å². The van der Waals surface area contributed by atoms with Crippen molar-refractivity contribution in [2.45, 2.75) is 97.2 Å². The summed E-state index contributed by atoms with van der Waals surface area (Å²) in [7, 11) is 0. The van der Waals surface area contributed by atoms with E-state index >= 15 is 0 Å². The molecule has 0 aliphatic heterocycles. The van der Waals surface area contributed by atoms with Crippen molar-refractivity contribution >= 4 is 10.9 Å². The van der Waals surface area contributed by atoms with E-state index in [1.54, 1.807) is 12.3 Å². The first kappa shape index (κ1) is 24.7. The van der Waals surface area contributed by atoms with Gasteiger partial charge in [-0.05, 0) is 122 Å². The Morgan fingerprint density at radius 3 is 2.64 bits per heavy atom. The maximum Gasteiger partial charge on any atom is 0.128 e. The second-order valence-corrected chi connectivity index (χ2v) is 13.5. The van der Waals surface area contributed by atoms with Gasteiger partial charge in [-0.25, -0.2) is 14.4 Å². The minimum atomic E-state index is -0.250. The largest absolute Gasteiger partial charge is 0.393 e. The van der Waals surface area contributed by atoms with Crippen LogP contribution in [0.3, 0.4) is 0 Å². The van der Waals surface area contributed by atoms with Crippen LogP contribution in [0.5, 0.6) is 0 Å². The second-order valence-electron chi connectivity index (χ2n) is 13.5. The van der Waals surface area contributed by atoms with Gasteiger partial charge in [-0.2, -0.15) is 0 Å². The van der Waals surface area contributed by atoms with E-state index in [0.29, 0.717) is 40.9 Å². The maximum atomic E-state index is 13.5. The van der Waals surface area contributed by atoms with Crippen LogP contribution < -0.4 is 0 Å². The van der Waals surface area contributed by atoms with E-state index in [1.807, 2.05) is 0 Å². The molecule has 0 radical (unpaired) electrons. The van der Waals surface area contributed by atoms with Crippen LogP contribution in [0.1, 0.15) is 84.4 Å². The van der Waals surface area contributed by atoms with Crippen LogP contribution in [0, 0.1) is 52.2 Å². The lowest BCUT2D eigenvalue weighted by Crippen LogP contribution is -2.58. The molecule has 5 heteroatoms. The van der Waals surface area contributed by atoms with Crippen LogP contribution in [-0.4, -0.2) is 32.4 Å². The first-order valence-electron chi connectivity index (χ1n) is 14.5. The van der Waals surface area contributed by atoms with Crippen LogP contribution in [0.2, 0.25) is 0 Å². The molecule has 2 aromatic rings. The molecule has 0 saturated heterocycles. The fraction of sp³-hybridized carbons (Fsp3) is 0.742. The van der Waals surface area contributed by atoms with E-state index in [2.05, 4.69) is 25.8 Å². The number of nitrogens with zero attached hydrogens (tertiary/aromatic N) is 2. The van der Waals surface area contributed by atoms with Gasteiger partial charge in [0.25, 0.3) is 0 Å². The SMILES string of the molecule is C[C@H](CCc1ncc2cc(F)ccc2n1)[C@H]1CC[C@H]2[C@H]3C(CC[C@]12C)[C@@]1(C)CC[C@@H](O)C[C@H]1C[C@H]3O. The van der Waals surface area contributed by atoms with E-state index in [4.69, 9.17) is 4.98 Å². The standard InChI is InChI=1S/C31H43FN2O2/c1-18(4-9-28-33-17-19-14-21(32)5-8-26(19)34-28)23-6-7-24-29-25(11-13-31(23,24)3)30(2)12-10-22(35)15-20(30)16-27(29)36/h5,8,14,17-18,20,22-25,27,29,35-36H,4,6-7,9-13,15-16H2,1-3H3/t18-,20+,22-,23-,24+,25?,27-,29+,30+,31-/m1/s1. The number of rotatable bonds is 4. The molecule has 1 unspecified atom stereocenters. The maximum absolute atomic E-state index is 13.5. The van der Waals surface area contributed by atoms with Crippen LogP contribution in [-0.2, 0) is 6.42 Å². The van der Waals surface area contributed by atoms with Crippen molar-refractivity contribution in [2.24, 2.45) is 46.3 Å². The average Bonchev–Trinajstić information content (AvgIpc) is 3.21. The number of fused-ring (bicyclic) bond motifs is 6. The average molecular weight is 495 g/mol. The summed E-state index contributed by atoms with van der Waals surface area (Å²) in [4.78, 5) is 9.23. The number of benzene rings is 1. The molecular formula is C31H43FN2O2. The number of aryl methyl sites for hydroxylation is 1. The lowest BCUT2D eigenvalue weighted by molar-refractivity contribution is -0.174. The zero-order chi connectivity index (χ0) is 25.2. The van der Waals surface area contributed by atoms with Crippen molar-refractivity contribution in [1.82, 2.24) is 9.97 Å². The summed E-state index contributed by atoms with van der Waals surface area (Å²) in [6.45, 7) is 7.44. The van der Waals surface area contributed by atoms with E-state index in [-0.39, 0.29) is 23.4 Å². The first-order chi connectivity index (χ1) is 17.2. The zero-order valence-corrected chi connectivity index (χ0v) is 22.2. The Balaban J connectivity index is 1.16. The Bertz CT molecular complexity index is 1120. The molecule has 2 N–H and O–H groups in total. The zero-order valence-electron chi connectivity index (χ0n) is 22.2. The Hall–Kier alpha value is -1.59. The van der Waals surface area contributed by atoms with Crippen molar-refractivity contribution in [3.8, 4) is 0 Å². The molecule has 4 saturated carbocycles. The summed E-state index contributed by atoms with van der Waals surface area (Å²) in [6.07, 6.45) is 12.1. The molecule has 36 heavy (non-hydrogen) atoms. The molecular weight excluding hydrogens is 451 g/mol. The van der Waals surface area contributed by atoms with Gasteiger partial charge < -0.3 is 10.2 Å². The Morgan fingerprint density at radius 2 is 1.81 bits per heavy atom. The smallest absolute Gasteiger partial charge is 0.128 e. The molecule has 1 aromatic heterocycles. The fourth-order valence-corrected chi connectivity index (χ4v) is 9.90. The van der Waals surface area contributed by atoms with Crippen molar-refractivity contribution in [3.05, 3.63) is 36.0 Å². The van der Waals surface area contributed by atoms with E-state index in [9.17, 15) is 14.6 Å². The van der Waals surface area contributed by atoms with Gasteiger partial charge in [0.1, 0.15) is 11.6 Å². The Kier molecular flexibility index (Phi) is 6.19. The van der Waals surface area contributed by atoms with Gasteiger partial charge in [0.15, 0.2) is 0 Å². The summed E-state index contributed by atoms with van der Waals surface area (Å²) in [5.74, 6) is 3.95. The molecule has 0 bridgehead atoms. The predicted molar refractivity (Wildman–Crippen MR) is 140 cm³/mol. The minimum Gasteiger partial charge on any atom is -0.393 e. The highest BCUT2D eigenvalue weighted by Gasteiger charge is 2.62. The van der Waals surface area contributed by atoms with Gasteiger partial charge in [0.2, 0.25) is 0 Å². The molecule has 0 amide bonds. The predicted octanol–water partition coefficient (Wildman–Crippen LogP) is 6.33. The highest BCUT2D eigenvalue weighted by atomic mass is 19.1. The van der Waals surface area contributed by atoms with Gasteiger partial charge >= 0.3 is 0 Å². The molecule has 10 atom stereocenters. The Labute approximate surface area is 215 Å². The van der Waals surface area contributed by atoms with Gasteiger partial charge in [0.05, 0.1) is 17.7 Å². The third-order valence-corrected chi connectivity index (χ3v) is 11.8. The summed E-state index contributed by atoms with van der Waals surface area (Å²) < 4.78 is 13.5. The topological polar surface area (TPSA) is 66.2 Å². The molecule has 4 nitrogen and oxygen atoms in total. The van der Waals surface area contributed by atoms with Gasteiger partial charge in [0, 0.05) is 18.0 Å². The minimum absolute atomic E-state index is 0.176. The van der Waals surface area contributed by atoms with Crippen LogP contribution in [0.15, 0.2) is 24.4 Å².